The van der Waals surface area contributed by atoms with Crippen LogP contribution in [0.4, 0.5) is 11.4 Å². The zero-order valence-electron chi connectivity index (χ0n) is 15.7. The van der Waals surface area contributed by atoms with Crippen LogP contribution in [0.5, 0.6) is 0 Å². The van der Waals surface area contributed by atoms with Crippen LogP contribution in [0.15, 0.2) is 66.2 Å². The van der Waals surface area contributed by atoms with E-state index in [0.29, 0.717) is 21.6 Å². The van der Waals surface area contributed by atoms with E-state index >= 15 is 0 Å². The van der Waals surface area contributed by atoms with Crippen molar-refractivity contribution in [1.82, 2.24) is 4.90 Å². The number of nitrogens with zero attached hydrogens (tertiary/aromatic N) is 2. The van der Waals surface area contributed by atoms with Gasteiger partial charge in [0.05, 0.1) is 11.3 Å². The van der Waals surface area contributed by atoms with Crippen molar-refractivity contribution >= 4 is 57.7 Å². The standard InChI is InChI=1S/C21H18ClN3O4S/c1-2-10-25-18(26)12-17(30-21(25)24-16-5-3-4-14(22)11-16)19(27)23-15-8-6-13(7-9-15)20(28)29/h2-9,11,17H,1,10,12H2,(H,23,27)(H,28,29). The van der Waals surface area contributed by atoms with E-state index in [9.17, 15) is 14.4 Å². The lowest BCUT2D eigenvalue weighted by Crippen LogP contribution is -2.45. The first-order valence-corrected chi connectivity index (χ1v) is 10.2. The summed E-state index contributed by atoms with van der Waals surface area (Å²) in [6, 6.07) is 12.7. The molecule has 1 atom stereocenters. The van der Waals surface area contributed by atoms with E-state index in [1.165, 1.54) is 40.9 Å². The maximum absolute atomic E-state index is 12.7. The van der Waals surface area contributed by atoms with Crippen molar-refractivity contribution in [3.63, 3.8) is 0 Å². The lowest BCUT2D eigenvalue weighted by Gasteiger charge is -2.31. The molecule has 0 bridgehead atoms. The minimum Gasteiger partial charge on any atom is -0.478 e. The Hall–Kier alpha value is -3.10. The van der Waals surface area contributed by atoms with Gasteiger partial charge in [0.15, 0.2) is 5.17 Å². The quantitative estimate of drug-likeness (QED) is 0.652. The molecule has 1 saturated heterocycles. The molecule has 1 heterocycles. The van der Waals surface area contributed by atoms with Crippen molar-refractivity contribution in [1.29, 1.82) is 0 Å². The van der Waals surface area contributed by atoms with Gasteiger partial charge in [-0.3, -0.25) is 14.5 Å². The molecule has 1 aliphatic heterocycles. The molecule has 9 heteroatoms. The summed E-state index contributed by atoms with van der Waals surface area (Å²) in [4.78, 5) is 42.3. The Morgan fingerprint density at radius 3 is 2.67 bits per heavy atom. The Morgan fingerprint density at radius 1 is 1.30 bits per heavy atom. The van der Waals surface area contributed by atoms with Gasteiger partial charge < -0.3 is 10.4 Å². The van der Waals surface area contributed by atoms with Crippen LogP contribution in [-0.2, 0) is 9.59 Å². The summed E-state index contributed by atoms with van der Waals surface area (Å²) in [7, 11) is 0. The molecule has 1 unspecified atom stereocenters. The first-order chi connectivity index (χ1) is 14.4. The smallest absolute Gasteiger partial charge is 0.335 e. The monoisotopic (exact) mass is 443 g/mol. The Bertz CT molecular complexity index is 1020. The van der Waals surface area contributed by atoms with Crippen molar-refractivity contribution in [2.45, 2.75) is 11.7 Å². The maximum Gasteiger partial charge on any atom is 0.335 e. The van der Waals surface area contributed by atoms with Gasteiger partial charge in [-0.2, -0.15) is 0 Å². The van der Waals surface area contributed by atoms with Gasteiger partial charge in [-0.15, -0.1) is 6.58 Å². The number of benzene rings is 2. The molecule has 2 aromatic rings. The molecule has 0 aliphatic carbocycles. The van der Waals surface area contributed by atoms with Crippen LogP contribution in [0.2, 0.25) is 5.02 Å². The van der Waals surface area contributed by atoms with Gasteiger partial charge in [0.2, 0.25) is 11.8 Å². The molecule has 0 spiro atoms. The first kappa shape index (κ1) is 21.6. The highest BCUT2D eigenvalue weighted by Gasteiger charge is 2.35. The molecule has 0 aromatic heterocycles. The van der Waals surface area contributed by atoms with E-state index in [2.05, 4.69) is 16.9 Å². The lowest BCUT2D eigenvalue weighted by atomic mass is 10.2. The molecule has 30 heavy (non-hydrogen) atoms. The number of hydrogen-bond acceptors (Lipinski definition) is 5. The molecule has 0 radical (unpaired) electrons. The number of hydrogen-bond donors (Lipinski definition) is 2. The van der Waals surface area contributed by atoms with Crippen molar-refractivity contribution in [2.75, 3.05) is 11.9 Å². The van der Waals surface area contributed by atoms with Crippen molar-refractivity contribution in [3.05, 3.63) is 71.8 Å². The second-order valence-corrected chi connectivity index (χ2v) is 7.96. The lowest BCUT2D eigenvalue weighted by molar-refractivity contribution is -0.129. The molecular formula is C21H18ClN3O4S. The number of nitrogens with one attached hydrogen (secondary N) is 1. The van der Waals surface area contributed by atoms with Gasteiger partial charge in [-0.25, -0.2) is 9.79 Å². The summed E-state index contributed by atoms with van der Waals surface area (Å²) < 4.78 is 0. The molecule has 1 fully saturated rings. The number of amides is 2. The number of carbonyl (C=O) groups is 3. The summed E-state index contributed by atoms with van der Waals surface area (Å²) in [6.07, 6.45) is 1.60. The highest BCUT2D eigenvalue weighted by molar-refractivity contribution is 8.15. The molecule has 7 nitrogen and oxygen atoms in total. The highest BCUT2D eigenvalue weighted by Crippen LogP contribution is 2.30. The minimum atomic E-state index is -1.05. The molecular weight excluding hydrogens is 426 g/mol. The number of aliphatic imine (C=N–C) groups is 1. The SMILES string of the molecule is C=CCN1C(=O)CC(C(=O)Nc2ccc(C(=O)O)cc2)SC1=Nc1cccc(Cl)c1. The predicted octanol–water partition coefficient (Wildman–Crippen LogP) is 4.18. The fourth-order valence-corrected chi connectivity index (χ4v) is 4.02. The Morgan fingerprint density at radius 2 is 2.03 bits per heavy atom. The van der Waals surface area contributed by atoms with Gasteiger partial charge in [0.1, 0.15) is 5.25 Å². The van der Waals surface area contributed by atoms with E-state index in [1.54, 1.807) is 30.3 Å². The third-order valence-electron chi connectivity index (χ3n) is 4.18. The fraction of sp³-hybridized carbons (Fsp3) is 0.143. The average molecular weight is 444 g/mol. The van der Waals surface area contributed by atoms with Gasteiger partial charge in [-0.1, -0.05) is 35.5 Å². The second-order valence-electron chi connectivity index (χ2n) is 6.35. The first-order valence-electron chi connectivity index (χ1n) is 8.94. The number of anilines is 1. The zero-order valence-corrected chi connectivity index (χ0v) is 17.3. The van der Waals surface area contributed by atoms with Crippen LogP contribution in [0.25, 0.3) is 0 Å². The molecule has 0 saturated carbocycles. The van der Waals surface area contributed by atoms with E-state index < -0.39 is 11.2 Å². The van der Waals surface area contributed by atoms with Gasteiger partial charge in [0, 0.05) is 23.7 Å². The van der Waals surface area contributed by atoms with E-state index in [0.717, 1.165) is 0 Å². The van der Waals surface area contributed by atoms with Crippen LogP contribution >= 0.6 is 23.4 Å². The predicted molar refractivity (Wildman–Crippen MR) is 118 cm³/mol. The number of aromatic carboxylic acids is 1. The second kappa shape index (κ2) is 9.60. The largest absolute Gasteiger partial charge is 0.478 e. The molecule has 3 rings (SSSR count). The number of rotatable bonds is 6. The van der Waals surface area contributed by atoms with E-state index in [1.807, 2.05) is 0 Å². The number of carboxylic acids is 1. The summed E-state index contributed by atoms with van der Waals surface area (Å²) in [5.74, 6) is -1.66. The number of amidine groups is 1. The summed E-state index contributed by atoms with van der Waals surface area (Å²) >= 11 is 7.19. The Balaban J connectivity index is 1.80. The highest BCUT2D eigenvalue weighted by atomic mass is 35.5. The van der Waals surface area contributed by atoms with Crippen LogP contribution in [-0.4, -0.2) is 44.8 Å². The Labute approximate surface area is 182 Å². The third-order valence-corrected chi connectivity index (χ3v) is 5.60. The molecule has 154 valence electrons. The number of carbonyl (C=O) groups excluding carboxylic acids is 2. The topological polar surface area (TPSA) is 99.1 Å². The van der Waals surface area contributed by atoms with Crippen LogP contribution in [0, 0.1) is 0 Å². The van der Waals surface area contributed by atoms with Gasteiger partial charge in [0.25, 0.3) is 0 Å². The van der Waals surface area contributed by atoms with Gasteiger partial charge in [-0.05, 0) is 42.5 Å². The van der Waals surface area contributed by atoms with E-state index in [-0.39, 0.29) is 30.3 Å². The van der Waals surface area contributed by atoms with Crippen LogP contribution < -0.4 is 5.32 Å². The average Bonchev–Trinajstić information content (AvgIpc) is 2.70. The third kappa shape index (κ3) is 5.28. The van der Waals surface area contributed by atoms with Crippen molar-refractivity contribution in [2.24, 2.45) is 4.99 Å². The number of halogens is 1. The summed E-state index contributed by atoms with van der Waals surface area (Å²) in [5.41, 5.74) is 1.13. The summed E-state index contributed by atoms with van der Waals surface area (Å²) in [5, 5.41) is 11.9. The van der Waals surface area contributed by atoms with Gasteiger partial charge >= 0.3 is 5.97 Å². The van der Waals surface area contributed by atoms with Crippen LogP contribution in [0.1, 0.15) is 16.8 Å². The molecule has 2 aromatic carbocycles. The van der Waals surface area contributed by atoms with Crippen molar-refractivity contribution < 1.29 is 19.5 Å². The normalized spacial score (nSPS) is 17.6. The van der Waals surface area contributed by atoms with Crippen molar-refractivity contribution in [3.8, 4) is 0 Å². The van der Waals surface area contributed by atoms with E-state index in [4.69, 9.17) is 16.7 Å². The Kier molecular flexibility index (Phi) is 6.91. The maximum atomic E-state index is 12.7. The minimum absolute atomic E-state index is 0.00607. The zero-order chi connectivity index (χ0) is 21.7. The number of carboxylic acid groups (broad SMARTS) is 1. The number of thioether (sulfide) groups is 1. The molecule has 2 amide bonds. The molecule has 2 N–H and O–H groups in total. The fourth-order valence-electron chi connectivity index (χ4n) is 2.72. The summed E-state index contributed by atoms with van der Waals surface area (Å²) in [6.45, 7) is 3.95. The molecule has 1 aliphatic rings. The van der Waals surface area contributed by atoms with Crippen LogP contribution in [0.3, 0.4) is 0 Å².